The van der Waals surface area contributed by atoms with E-state index >= 15 is 0 Å². The quantitative estimate of drug-likeness (QED) is 0.916. The van der Waals surface area contributed by atoms with Crippen molar-refractivity contribution in [2.45, 2.75) is 26.3 Å². The van der Waals surface area contributed by atoms with Gasteiger partial charge < -0.3 is 5.32 Å². The van der Waals surface area contributed by atoms with Gasteiger partial charge in [-0.3, -0.25) is 4.98 Å². The van der Waals surface area contributed by atoms with Crippen LogP contribution in [0, 0.1) is 13.8 Å². The molecule has 1 atom stereocenters. The van der Waals surface area contributed by atoms with Gasteiger partial charge in [-0.2, -0.15) is 0 Å². The van der Waals surface area contributed by atoms with Crippen molar-refractivity contribution in [3.05, 3.63) is 63.9 Å². The van der Waals surface area contributed by atoms with Crippen molar-refractivity contribution in [1.29, 1.82) is 0 Å². The van der Waals surface area contributed by atoms with Crippen LogP contribution in [-0.2, 0) is 6.42 Å². The van der Waals surface area contributed by atoms with Crippen molar-refractivity contribution in [2.75, 3.05) is 7.05 Å². The van der Waals surface area contributed by atoms with E-state index < -0.39 is 0 Å². The minimum atomic E-state index is 0.230. The standard InChI is InChI=1S/C16H19ClN2/c1-11-4-6-13(15(17)8-11)9-16(18-3)14-7-5-12(2)19-10-14/h4-8,10,16,18H,9H2,1-3H3. The van der Waals surface area contributed by atoms with E-state index in [0.29, 0.717) is 0 Å². The van der Waals surface area contributed by atoms with Crippen LogP contribution < -0.4 is 5.32 Å². The van der Waals surface area contributed by atoms with Crippen LogP contribution in [0.1, 0.15) is 28.4 Å². The number of aryl methyl sites for hydroxylation is 2. The Labute approximate surface area is 119 Å². The van der Waals surface area contributed by atoms with Gasteiger partial charge in [-0.25, -0.2) is 0 Å². The van der Waals surface area contributed by atoms with Gasteiger partial charge in [-0.1, -0.05) is 29.8 Å². The molecule has 100 valence electrons. The van der Waals surface area contributed by atoms with E-state index in [2.05, 4.69) is 35.4 Å². The molecule has 0 fully saturated rings. The summed E-state index contributed by atoms with van der Waals surface area (Å²) in [5.74, 6) is 0. The zero-order valence-electron chi connectivity index (χ0n) is 11.6. The number of pyridine rings is 1. The van der Waals surface area contributed by atoms with Gasteiger partial charge in [0.05, 0.1) is 0 Å². The van der Waals surface area contributed by atoms with Gasteiger partial charge in [0.25, 0.3) is 0 Å². The summed E-state index contributed by atoms with van der Waals surface area (Å²) in [6.45, 7) is 4.05. The average Bonchev–Trinajstić information content (AvgIpc) is 2.39. The zero-order valence-corrected chi connectivity index (χ0v) is 12.3. The monoisotopic (exact) mass is 274 g/mol. The molecule has 0 aliphatic carbocycles. The van der Waals surface area contributed by atoms with Crippen LogP contribution in [0.15, 0.2) is 36.5 Å². The van der Waals surface area contributed by atoms with Gasteiger partial charge in [-0.15, -0.1) is 0 Å². The lowest BCUT2D eigenvalue weighted by Crippen LogP contribution is -2.19. The highest BCUT2D eigenvalue weighted by Gasteiger charge is 2.12. The summed E-state index contributed by atoms with van der Waals surface area (Å²) in [5, 5.41) is 4.16. The molecule has 0 aliphatic rings. The summed E-state index contributed by atoms with van der Waals surface area (Å²) >= 11 is 6.30. The fourth-order valence-electron chi connectivity index (χ4n) is 2.11. The normalized spacial score (nSPS) is 12.4. The third kappa shape index (κ3) is 3.55. The van der Waals surface area contributed by atoms with Crippen molar-refractivity contribution < 1.29 is 0 Å². The molecule has 1 heterocycles. The Bertz CT molecular complexity index is 549. The summed E-state index contributed by atoms with van der Waals surface area (Å²) in [6, 6.07) is 10.6. The van der Waals surface area contributed by atoms with E-state index in [1.807, 2.05) is 32.3 Å². The first kappa shape index (κ1) is 14.0. The Kier molecular flexibility index (Phi) is 4.56. The van der Waals surface area contributed by atoms with Crippen LogP contribution in [-0.4, -0.2) is 12.0 Å². The van der Waals surface area contributed by atoms with E-state index in [4.69, 9.17) is 11.6 Å². The molecule has 2 nitrogen and oxygen atoms in total. The SMILES string of the molecule is CNC(Cc1ccc(C)cc1Cl)c1ccc(C)nc1. The summed E-state index contributed by atoms with van der Waals surface area (Å²) in [4.78, 5) is 4.35. The fraction of sp³-hybridized carbons (Fsp3) is 0.312. The Balaban J connectivity index is 2.21. The zero-order chi connectivity index (χ0) is 13.8. The number of halogens is 1. The summed E-state index contributed by atoms with van der Waals surface area (Å²) in [6.07, 6.45) is 2.79. The van der Waals surface area contributed by atoms with Crippen molar-refractivity contribution in [3.8, 4) is 0 Å². The largest absolute Gasteiger partial charge is 0.313 e. The Morgan fingerprint density at radius 2 is 2.00 bits per heavy atom. The molecule has 19 heavy (non-hydrogen) atoms. The summed E-state index contributed by atoms with van der Waals surface area (Å²) < 4.78 is 0. The van der Waals surface area contributed by atoms with Crippen LogP contribution >= 0.6 is 11.6 Å². The van der Waals surface area contributed by atoms with Crippen LogP contribution in [0.2, 0.25) is 5.02 Å². The molecule has 2 rings (SSSR count). The predicted octanol–water partition coefficient (Wildman–Crippen LogP) is 3.86. The first-order chi connectivity index (χ1) is 9.10. The fourth-order valence-corrected chi connectivity index (χ4v) is 2.42. The lowest BCUT2D eigenvalue weighted by molar-refractivity contribution is 0.589. The molecule has 0 saturated carbocycles. The van der Waals surface area contributed by atoms with E-state index in [0.717, 1.165) is 22.7 Å². The highest BCUT2D eigenvalue weighted by atomic mass is 35.5. The maximum absolute atomic E-state index is 6.30. The number of nitrogens with zero attached hydrogens (tertiary/aromatic N) is 1. The second kappa shape index (κ2) is 6.18. The van der Waals surface area contributed by atoms with Crippen molar-refractivity contribution in [2.24, 2.45) is 0 Å². The van der Waals surface area contributed by atoms with Gasteiger partial charge in [0.2, 0.25) is 0 Å². The molecule has 0 amide bonds. The highest BCUT2D eigenvalue weighted by molar-refractivity contribution is 6.31. The minimum absolute atomic E-state index is 0.230. The second-order valence-electron chi connectivity index (χ2n) is 4.87. The lowest BCUT2D eigenvalue weighted by atomic mass is 9.99. The number of benzene rings is 1. The van der Waals surface area contributed by atoms with E-state index in [-0.39, 0.29) is 6.04 Å². The molecule has 1 aromatic heterocycles. The van der Waals surface area contributed by atoms with Gasteiger partial charge in [-0.05, 0) is 56.1 Å². The predicted molar refractivity (Wildman–Crippen MR) is 80.7 cm³/mol. The molecule has 3 heteroatoms. The molecule has 0 bridgehead atoms. The second-order valence-corrected chi connectivity index (χ2v) is 5.28. The van der Waals surface area contributed by atoms with Crippen molar-refractivity contribution >= 4 is 11.6 Å². The van der Waals surface area contributed by atoms with Crippen LogP contribution in [0.25, 0.3) is 0 Å². The number of hydrogen-bond donors (Lipinski definition) is 1. The maximum atomic E-state index is 6.30. The average molecular weight is 275 g/mol. The third-order valence-corrected chi connectivity index (χ3v) is 3.67. The molecular formula is C16H19ClN2. The topological polar surface area (TPSA) is 24.9 Å². The first-order valence-electron chi connectivity index (χ1n) is 6.45. The Morgan fingerprint density at radius 1 is 1.21 bits per heavy atom. The van der Waals surface area contributed by atoms with Gasteiger partial charge in [0.1, 0.15) is 0 Å². The van der Waals surface area contributed by atoms with E-state index in [1.165, 1.54) is 11.1 Å². The number of likely N-dealkylation sites (N-methyl/N-ethyl adjacent to an activating group) is 1. The van der Waals surface area contributed by atoms with E-state index in [1.54, 1.807) is 0 Å². The Hall–Kier alpha value is -1.38. The van der Waals surface area contributed by atoms with Crippen molar-refractivity contribution in [1.82, 2.24) is 10.3 Å². The number of aromatic nitrogens is 1. The van der Waals surface area contributed by atoms with Gasteiger partial charge in [0.15, 0.2) is 0 Å². The summed E-state index contributed by atoms with van der Waals surface area (Å²) in [5.41, 5.74) is 4.57. The van der Waals surface area contributed by atoms with Crippen LogP contribution in [0.3, 0.4) is 0 Å². The Morgan fingerprint density at radius 3 is 2.58 bits per heavy atom. The maximum Gasteiger partial charge on any atom is 0.0441 e. The van der Waals surface area contributed by atoms with Gasteiger partial charge >= 0.3 is 0 Å². The number of nitrogens with one attached hydrogen (secondary N) is 1. The summed E-state index contributed by atoms with van der Waals surface area (Å²) in [7, 11) is 1.96. The van der Waals surface area contributed by atoms with E-state index in [9.17, 15) is 0 Å². The smallest absolute Gasteiger partial charge is 0.0441 e. The molecule has 2 aromatic rings. The molecule has 1 aromatic carbocycles. The van der Waals surface area contributed by atoms with Gasteiger partial charge in [0, 0.05) is 23.0 Å². The molecule has 0 aliphatic heterocycles. The van der Waals surface area contributed by atoms with Crippen LogP contribution in [0.5, 0.6) is 0 Å². The number of rotatable bonds is 4. The lowest BCUT2D eigenvalue weighted by Gasteiger charge is -2.17. The molecule has 1 N–H and O–H groups in total. The van der Waals surface area contributed by atoms with Crippen molar-refractivity contribution in [3.63, 3.8) is 0 Å². The molecule has 1 unspecified atom stereocenters. The highest BCUT2D eigenvalue weighted by Crippen LogP contribution is 2.24. The van der Waals surface area contributed by atoms with Crippen LogP contribution in [0.4, 0.5) is 0 Å². The minimum Gasteiger partial charge on any atom is -0.313 e. The molecule has 0 saturated heterocycles. The molecular weight excluding hydrogens is 256 g/mol. The third-order valence-electron chi connectivity index (χ3n) is 3.32. The first-order valence-corrected chi connectivity index (χ1v) is 6.83. The molecule has 0 spiro atoms. The molecule has 0 radical (unpaired) electrons. The number of hydrogen-bond acceptors (Lipinski definition) is 2.